The van der Waals surface area contributed by atoms with Crippen LogP contribution in [0.2, 0.25) is 0 Å². The fraction of sp³-hybridized carbons (Fsp3) is 0.550. The van der Waals surface area contributed by atoms with Crippen LogP contribution >= 0.6 is 0 Å². The zero-order valence-electron chi connectivity index (χ0n) is 15.0. The Kier molecular flexibility index (Phi) is 4.29. The molecular weight excluding hydrogens is 316 g/mol. The Balaban J connectivity index is 1.55. The molecule has 2 aromatic rings. The predicted molar refractivity (Wildman–Crippen MR) is 96.4 cm³/mol. The van der Waals surface area contributed by atoms with Crippen LogP contribution in [-0.2, 0) is 20.8 Å². The van der Waals surface area contributed by atoms with E-state index in [1.165, 1.54) is 5.39 Å². The summed E-state index contributed by atoms with van der Waals surface area (Å²) in [4.78, 5) is 15.1. The lowest BCUT2D eigenvalue weighted by atomic mass is 9.79. The molecule has 0 N–H and O–H groups in total. The molecule has 1 aromatic carbocycles. The molecule has 1 saturated heterocycles. The maximum atomic E-state index is 13.1. The van der Waals surface area contributed by atoms with Gasteiger partial charge in [0.1, 0.15) is 6.54 Å². The van der Waals surface area contributed by atoms with Gasteiger partial charge in [-0.3, -0.25) is 4.79 Å². The lowest BCUT2D eigenvalue weighted by Gasteiger charge is -2.43. The summed E-state index contributed by atoms with van der Waals surface area (Å²) in [6, 6.07) is 10.4. The van der Waals surface area contributed by atoms with Crippen molar-refractivity contribution in [2.24, 2.45) is 0 Å². The Bertz CT molecular complexity index is 771. The van der Waals surface area contributed by atoms with Gasteiger partial charge in [0.05, 0.1) is 17.7 Å². The Labute approximate surface area is 148 Å². The normalized spacial score (nSPS) is 29.1. The minimum Gasteiger partial charge on any atom is -0.381 e. The first-order valence-corrected chi connectivity index (χ1v) is 9.08. The minimum absolute atomic E-state index is 0.116. The molecule has 0 unspecified atom stereocenters. The zero-order chi connectivity index (χ0) is 17.4. The fourth-order valence-corrected chi connectivity index (χ4v) is 4.69. The number of nitrogens with zero attached hydrogens (tertiary/aromatic N) is 2. The minimum atomic E-state index is -0.191. The van der Waals surface area contributed by atoms with E-state index in [1.807, 2.05) is 27.8 Å². The molecule has 4 rings (SSSR count). The number of hydrogen-bond acceptors (Lipinski definition) is 3. The lowest BCUT2D eigenvalue weighted by molar-refractivity contribution is -0.141. The topological polar surface area (TPSA) is 43.7 Å². The second-order valence-corrected chi connectivity index (χ2v) is 7.26. The van der Waals surface area contributed by atoms with Gasteiger partial charge in [-0.25, -0.2) is 0 Å². The number of hydrogen-bond donors (Lipinski definition) is 0. The highest BCUT2D eigenvalue weighted by Crippen LogP contribution is 2.43. The molecule has 0 bridgehead atoms. The molecule has 134 valence electrons. The largest absolute Gasteiger partial charge is 0.381 e. The molecule has 25 heavy (non-hydrogen) atoms. The SMILES string of the molecule is CO[C@@H]1CC[C@@]2(OC)CCN(C(=O)Cn3ccc4ccccc43)[C@H]2C1. The van der Waals surface area contributed by atoms with E-state index in [1.54, 1.807) is 14.2 Å². The van der Waals surface area contributed by atoms with Gasteiger partial charge in [-0.05, 0) is 43.2 Å². The van der Waals surface area contributed by atoms with Gasteiger partial charge >= 0.3 is 0 Å². The summed E-state index contributed by atoms with van der Waals surface area (Å²) >= 11 is 0. The third kappa shape index (κ3) is 2.75. The molecule has 2 aliphatic rings. The molecule has 1 saturated carbocycles. The molecule has 0 spiro atoms. The maximum Gasteiger partial charge on any atom is 0.242 e. The van der Waals surface area contributed by atoms with Gasteiger partial charge in [0.25, 0.3) is 0 Å². The smallest absolute Gasteiger partial charge is 0.242 e. The Morgan fingerprint density at radius 1 is 1.24 bits per heavy atom. The first-order chi connectivity index (χ1) is 12.2. The summed E-state index contributed by atoms with van der Waals surface area (Å²) in [5.41, 5.74) is 0.912. The number of likely N-dealkylation sites (tertiary alicyclic amines) is 1. The van der Waals surface area contributed by atoms with Crippen molar-refractivity contribution in [1.82, 2.24) is 9.47 Å². The number of methoxy groups -OCH3 is 2. The van der Waals surface area contributed by atoms with Gasteiger partial charge < -0.3 is 18.9 Å². The van der Waals surface area contributed by atoms with Crippen molar-refractivity contribution in [3.63, 3.8) is 0 Å². The van der Waals surface area contributed by atoms with Crippen LogP contribution in [-0.4, -0.2) is 53.9 Å². The molecule has 5 nitrogen and oxygen atoms in total. The fourth-order valence-electron chi connectivity index (χ4n) is 4.69. The second-order valence-electron chi connectivity index (χ2n) is 7.26. The van der Waals surface area contributed by atoms with E-state index < -0.39 is 0 Å². The molecule has 1 aromatic heterocycles. The van der Waals surface area contributed by atoms with Crippen molar-refractivity contribution in [3.8, 4) is 0 Å². The van der Waals surface area contributed by atoms with Gasteiger partial charge in [0, 0.05) is 32.5 Å². The molecule has 0 radical (unpaired) electrons. The molecule has 1 aliphatic heterocycles. The monoisotopic (exact) mass is 342 g/mol. The number of carbonyl (C=O) groups is 1. The van der Waals surface area contributed by atoms with Crippen LogP contribution in [0, 0.1) is 0 Å². The Morgan fingerprint density at radius 3 is 2.88 bits per heavy atom. The summed E-state index contributed by atoms with van der Waals surface area (Å²) in [7, 11) is 3.55. The van der Waals surface area contributed by atoms with Crippen LogP contribution in [0.5, 0.6) is 0 Å². The molecule has 5 heteroatoms. The van der Waals surface area contributed by atoms with E-state index in [-0.39, 0.29) is 23.7 Å². The van der Waals surface area contributed by atoms with E-state index in [4.69, 9.17) is 9.47 Å². The first-order valence-electron chi connectivity index (χ1n) is 9.08. The van der Waals surface area contributed by atoms with E-state index in [9.17, 15) is 4.79 Å². The van der Waals surface area contributed by atoms with E-state index >= 15 is 0 Å². The number of fused-ring (bicyclic) bond motifs is 2. The summed E-state index contributed by atoms with van der Waals surface area (Å²) in [5.74, 6) is 0.169. The van der Waals surface area contributed by atoms with Gasteiger partial charge in [-0.1, -0.05) is 18.2 Å². The van der Waals surface area contributed by atoms with Crippen LogP contribution in [0.1, 0.15) is 25.7 Å². The van der Waals surface area contributed by atoms with Crippen LogP contribution in [0.3, 0.4) is 0 Å². The van der Waals surface area contributed by atoms with Crippen LogP contribution in [0.15, 0.2) is 36.5 Å². The standard InChI is InChI=1S/C20H26N2O3/c1-24-16-7-9-20(25-2)10-12-22(18(20)13-16)19(23)14-21-11-8-15-5-3-4-6-17(15)21/h3-6,8,11,16,18H,7,9-10,12-14H2,1-2H3/t16-,18+,20-/m1/s1. The molecule has 2 heterocycles. The van der Waals surface area contributed by atoms with Gasteiger partial charge in [0.15, 0.2) is 0 Å². The van der Waals surface area contributed by atoms with Crippen molar-refractivity contribution < 1.29 is 14.3 Å². The van der Waals surface area contributed by atoms with Crippen molar-refractivity contribution in [1.29, 1.82) is 0 Å². The second kappa shape index (κ2) is 6.46. The van der Waals surface area contributed by atoms with E-state index in [0.717, 1.165) is 37.7 Å². The van der Waals surface area contributed by atoms with E-state index in [2.05, 4.69) is 18.2 Å². The Morgan fingerprint density at radius 2 is 2.08 bits per heavy atom. The summed E-state index contributed by atoms with van der Waals surface area (Å²) < 4.78 is 13.5. The number of ether oxygens (including phenoxy) is 2. The van der Waals surface area contributed by atoms with Crippen molar-refractivity contribution in [2.75, 3.05) is 20.8 Å². The van der Waals surface area contributed by atoms with Crippen LogP contribution < -0.4 is 0 Å². The zero-order valence-corrected chi connectivity index (χ0v) is 15.0. The Hall–Kier alpha value is -1.85. The lowest BCUT2D eigenvalue weighted by Crippen LogP contribution is -2.53. The summed E-state index contributed by atoms with van der Waals surface area (Å²) in [5, 5.41) is 1.17. The highest BCUT2D eigenvalue weighted by molar-refractivity contribution is 5.83. The number of carbonyl (C=O) groups excluding carboxylic acids is 1. The number of amides is 1. The molecular formula is C20H26N2O3. The predicted octanol–water partition coefficient (Wildman–Crippen LogP) is 2.83. The number of para-hydroxylation sites is 1. The van der Waals surface area contributed by atoms with Crippen LogP contribution in [0.4, 0.5) is 0 Å². The molecule has 3 atom stereocenters. The van der Waals surface area contributed by atoms with E-state index in [0.29, 0.717) is 6.54 Å². The highest BCUT2D eigenvalue weighted by atomic mass is 16.5. The average molecular weight is 342 g/mol. The van der Waals surface area contributed by atoms with Crippen molar-refractivity contribution in [2.45, 2.75) is 50.0 Å². The van der Waals surface area contributed by atoms with Crippen molar-refractivity contribution >= 4 is 16.8 Å². The number of aromatic nitrogens is 1. The average Bonchev–Trinajstić information content (AvgIpc) is 3.23. The third-order valence-electron chi connectivity index (χ3n) is 6.18. The third-order valence-corrected chi connectivity index (χ3v) is 6.18. The molecule has 1 aliphatic carbocycles. The summed E-state index contributed by atoms with van der Waals surface area (Å²) in [6.07, 6.45) is 5.97. The van der Waals surface area contributed by atoms with Crippen LogP contribution in [0.25, 0.3) is 10.9 Å². The van der Waals surface area contributed by atoms with Gasteiger partial charge in [0.2, 0.25) is 5.91 Å². The molecule has 1 amide bonds. The number of benzene rings is 1. The quantitative estimate of drug-likeness (QED) is 0.858. The summed E-state index contributed by atoms with van der Waals surface area (Å²) in [6.45, 7) is 1.15. The van der Waals surface area contributed by atoms with Gasteiger partial charge in [-0.2, -0.15) is 0 Å². The number of rotatable bonds is 4. The first kappa shape index (κ1) is 16.6. The van der Waals surface area contributed by atoms with Gasteiger partial charge in [-0.15, -0.1) is 0 Å². The highest BCUT2D eigenvalue weighted by Gasteiger charge is 2.52. The maximum absolute atomic E-state index is 13.1. The molecule has 2 fully saturated rings. The van der Waals surface area contributed by atoms with Crippen molar-refractivity contribution in [3.05, 3.63) is 36.5 Å².